The van der Waals surface area contributed by atoms with Crippen LogP contribution in [0.15, 0.2) is 22.7 Å². The van der Waals surface area contributed by atoms with Crippen LogP contribution in [-0.2, 0) is 6.42 Å². The molecule has 2 N–H and O–H groups in total. The van der Waals surface area contributed by atoms with Crippen LogP contribution < -0.4 is 10.6 Å². The molecular weight excluding hydrogens is 327 g/mol. The summed E-state index contributed by atoms with van der Waals surface area (Å²) in [4.78, 5) is 15.9. The Labute approximate surface area is 138 Å². The number of halogens is 2. The van der Waals surface area contributed by atoms with Crippen LogP contribution in [0.25, 0.3) is 0 Å². The number of nitrogens with zero attached hydrogens (tertiary/aromatic N) is 2. The van der Waals surface area contributed by atoms with Gasteiger partial charge >= 0.3 is 6.03 Å². The van der Waals surface area contributed by atoms with Crippen LogP contribution in [-0.4, -0.2) is 22.7 Å². The Morgan fingerprint density at radius 3 is 2.77 bits per heavy atom. The highest BCUT2D eigenvalue weighted by Gasteiger charge is 2.11. The van der Waals surface area contributed by atoms with Crippen LogP contribution in [0.3, 0.4) is 0 Å². The molecule has 8 heteroatoms. The number of carbonyl (C=O) groups excluding carboxylic acids is 1. The van der Waals surface area contributed by atoms with Gasteiger partial charge in [0.2, 0.25) is 5.89 Å². The van der Waals surface area contributed by atoms with E-state index < -0.39 is 0 Å². The maximum Gasteiger partial charge on any atom is 0.315 e. The van der Waals surface area contributed by atoms with Crippen LogP contribution in [0.5, 0.6) is 0 Å². The van der Waals surface area contributed by atoms with Gasteiger partial charge < -0.3 is 15.2 Å². The molecule has 2 aromatic rings. The first-order chi connectivity index (χ1) is 10.5. The molecule has 0 fully saturated rings. The van der Waals surface area contributed by atoms with Gasteiger partial charge in [-0.2, -0.15) is 4.98 Å². The van der Waals surface area contributed by atoms with Crippen molar-refractivity contribution in [1.29, 1.82) is 0 Å². The maximum atomic E-state index is 11.8. The van der Waals surface area contributed by atoms with Crippen molar-refractivity contribution in [2.45, 2.75) is 26.3 Å². The van der Waals surface area contributed by atoms with Gasteiger partial charge in [0.05, 0.1) is 16.1 Å². The number of rotatable bonds is 5. The SMILES string of the molecule is Cc1noc(CCNC(=O)NC(C)c2ccc(Cl)c(Cl)c2)n1. The van der Waals surface area contributed by atoms with Crippen molar-refractivity contribution >= 4 is 29.2 Å². The zero-order valence-electron chi connectivity index (χ0n) is 12.2. The number of nitrogens with one attached hydrogen (secondary N) is 2. The average Bonchev–Trinajstić information content (AvgIpc) is 2.87. The summed E-state index contributed by atoms with van der Waals surface area (Å²) >= 11 is 11.8. The molecule has 22 heavy (non-hydrogen) atoms. The molecule has 0 saturated heterocycles. The van der Waals surface area contributed by atoms with E-state index in [0.717, 1.165) is 5.56 Å². The monoisotopic (exact) mass is 342 g/mol. The van der Waals surface area contributed by atoms with Crippen LogP contribution in [0.2, 0.25) is 10.0 Å². The molecule has 0 aliphatic rings. The third kappa shape index (κ3) is 4.61. The fourth-order valence-corrected chi connectivity index (χ4v) is 2.14. The number of urea groups is 1. The molecule has 0 bridgehead atoms. The summed E-state index contributed by atoms with van der Waals surface area (Å²) in [6.07, 6.45) is 0.482. The van der Waals surface area contributed by atoms with Gasteiger partial charge in [-0.1, -0.05) is 34.4 Å². The zero-order chi connectivity index (χ0) is 16.1. The van der Waals surface area contributed by atoms with Gasteiger partial charge in [-0.05, 0) is 31.5 Å². The van der Waals surface area contributed by atoms with Crippen LogP contribution in [0.1, 0.15) is 30.2 Å². The largest absolute Gasteiger partial charge is 0.339 e. The van der Waals surface area contributed by atoms with E-state index in [1.54, 1.807) is 19.1 Å². The molecule has 0 aliphatic heterocycles. The first-order valence-electron chi connectivity index (χ1n) is 6.74. The van der Waals surface area contributed by atoms with Crippen molar-refractivity contribution in [3.05, 3.63) is 45.5 Å². The van der Waals surface area contributed by atoms with Crippen LogP contribution in [0, 0.1) is 6.92 Å². The van der Waals surface area contributed by atoms with E-state index >= 15 is 0 Å². The number of benzene rings is 1. The number of hydrogen-bond donors (Lipinski definition) is 2. The van der Waals surface area contributed by atoms with Gasteiger partial charge in [0.1, 0.15) is 0 Å². The lowest BCUT2D eigenvalue weighted by Gasteiger charge is -2.15. The van der Waals surface area contributed by atoms with Gasteiger partial charge in [0.25, 0.3) is 0 Å². The predicted molar refractivity (Wildman–Crippen MR) is 84.2 cm³/mol. The Kier molecular flexibility index (Phi) is 5.63. The Morgan fingerprint density at radius 1 is 1.36 bits per heavy atom. The minimum Gasteiger partial charge on any atom is -0.339 e. The average molecular weight is 343 g/mol. The first kappa shape index (κ1) is 16.6. The standard InChI is InChI=1S/C14H16Cl2N4O2/c1-8(10-3-4-11(15)12(16)7-10)18-14(21)17-6-5-13-19-9(2)20-22-13/h3-4,7-8H,5-6H2,1-2H3,(H2,17,18,21). The summed E-state index contributed by atoms with van der Waals surface area (Å²) in [5.41, 5.74) is 0.872. The Balaban J connectivity index is 1.79. The molecule has 118 valence electrons. The minimum absolute atomic E-state index is 0.194. The third-order valence-corrected chi connectivity index (χ3v) is 3.72. The van der Waals surface area contributed by atoms with E-state index in [1.165, 1.54) is 0 Å². The molecule has 1 atom stereocenters. The molecule has 2 amide bonds. The summed E-state index contributed by atoms with van der Waals surface area (Å²) in [6.45, 7) is 4.01. The van der Waals surface area contributed by atoms with Gasteiger partial charge in [0, 0.05) is 13.0 Å². The number of aryl methyl sites for hydroxylation is 1. The zero-order valence-corrected chi connectivity index (χ0v) is 13.7. The van der Waals surface area contributed by atoms with Gasteiger partial charge in [-0.15, -0.1) is 0 Å². The fourth-order valence-electron chi connectivity index (χ4n) is 1.84. The molecule has 0 saturated carbocycles. The molecule has 1 unspecified atom stereocenters. The lowest BCUT2D eigenvalue weighted by Crippen LogP contribution is -2.38. The second kappa shape index (κ2) is 7.47. The highest BCUT2D eigenvalue weighted by molar-refractivity contribution is 6.42. The number of amides is 2. The summed E-state index contributed by atoms with van der Waals surface area (Å²) in [6, 6.07) is 4.78. The Bertz CT molecular complexity index is 660. The molecule has 1 aromatic carbocycles. The van der Waals surface area contributed by atoms with Crippen molar-refractivity contribution in [3.8, 4) is 0 Å². The topological polar surface area (TPSA) is 80.0 Å². The molecule has 1 aromatic heterocycles. The number of hydrogen-bond acceptors (Lipinski definition) is 4. The number of carbonyl (C=O) groups is 1. The summed E-state index contributed by atoms with van der Waals surface area (Å²) in [5.74, 6) is 1.07. The Hall–Kier alpha value is -1.79. The van der Waals surface area contributed by atoms with Gasteiger partial charge in [0.15, 0.2) is 5.82 Å². The van der Waals surface area contributed by atoms with Crippen molar-refractivity contribution < 1.29 is 9.32 Å². The number of aromatic nitrogens is 2. The lowest BCUT2D eigenvalue weighted by molar-refractivity contribution is 0.237. The second-order valence-electron chi connectivity index (χ2n) is 4.78. The third-order valence-electron chi connectivity index (χ3n) is 2.99. The molecule has 0 aliphatic carbocycles. The van der Waals surface area contributed by atoms with E-state index in [2.05, 4.69) is 20.8 Å². The summed E-state index contributed by atoms with van der Waals surface area (Å²) < 4.78 is 4.96. The lowest BCUT2D eigenvalue weighted by atomic mass is 10.1. The van der Waals surface area contributed by atoms with E-state index in [4.69, 9.17) is 27.7 Å². The fraction of sp³-hybridized carbons (Fsp3) is 0.357. The van der Waals surface area contributed by atoms with Crippen LogP contribution >= 0.6 is 23.2 Å². The molecule has 1 heterocycles. The smallest absolute Gasteiger partial charge is 0.315 e. The van der Waals surface area contributed by atoms with Crippen molar-refractivity contribution in [3.63, 3.8) is 0 Å². The first-order valence-corrected chi connectivity index (χ1v) is 7.50. The maximum absolute atomic E-state index is 11.8. The van der Waals surface area contributed by atoms with E-state index in [-0.39, 0.29) is 12.1 Å². The van der Waals surface area contributed by atoms with E-state index in [9.17, 15) is 4.79 Å². The molecule has 6 nitrogen and oxygen atoms in total. The molecule has 0 radical (unpaired) electrons. The molecular formula is C14H16Cl2N4O2. The van der Waals surface area contributed by atoms with Crippen LogP contribution in [0.4, 0.5) is 4.79 Å². The molecule has 2 rings (SSSR count). The predicted octanol–water partition coefficient (Wildman–Crippen LogP) is 3.29. The minimum atomic E-state index is -0.283. The van der Waals surface area contributed by atoms with Crippen molar-refractivity contribution in [2.24, 2.45) is 0 Å². The summed E-state index contributed by atoms with van der Waals surface area (Å²) in [5, 5.41) is 10.2. The molecule has 0 spiro atoms. The highest BCUT2D eigenvalue weighted by Crippen LogP contribution is 2.25. The summed E-state index contributed by atoms with van der Waals surface area (Å²) in [7, 11) is 0. The van der Waals surface area contributed by atoms with Crippen molar-refractivity contribution in [1.82, 2.24) is 20.8 Å². The van der Waals surface area contributed by atoms with Crippen molar-refractivity contribution in [2.75, 3.05) is 6.54 Å². The normalized spacial score (nSPS) is 12.0. The second-order valence-corrected chi connectivity index (χ2v) is 5.60. The Morgan fingerprint density at radius 2 is 2.14 bits per heavy atom. The van der Waals surface area contributed by atoms with E-state index in [1.807, 2.05) is 13.0 Å². The highest BCUT2D eigenvalue weighted by atomic mass is 35.5. The van der Waals surface area contributed by atoms with Gasteiger partial charge in [-0.3, -0.25) is 0 Å². The quantitative estimate of drug-likeness (QED) is 0.873. The van der Waals surface area contributed by atoms with E-state index in [0.29, 0.717) is 34.7 Å². The van der Waals surface area contributed by atoms with Gasteiger partial charge in [-0.25, -0.2) is 4.79 Å².